The van der Waals surface area contributed by atoms with Gasteiger partial charge in [-0.25, -0.2) is 9.37 Å². The highest BCUT2D eigenvalue weighted by atomic mass is 19.1. The Morgan fingerprint density at radius 2 is 2.04 bits per heavy atom. The topological polar surface area (TPSA) is 118 Å². The van der Waals surface area contributed by atoms with Crippen LogP contribution in [0.3, 0.4) is 0 Å². The minimum atomic E-state index is -0.536. The molecule has 2 atom stereocenters. The van der Waals surface area contributed by atoms with Crippen molar-refractivity contribution >= 4 is 11.8 Å². The van der Waals surface area contributed by atoms with Crippen molar-refractivity contribution < 1.29 is 9.50 Å². The van der Waals surface area contributed by atoms with Crippen molar-refractivity contribution in [2.45, 2.75) is 38.8 Å². The zero-order valence-corrected chi connectivity index (χ0v) is 15.7. The monoisotopic (exact) mass is 380 g/mol. The second-order valence-electron chi connectivity index (χ2n) is 7.44. The third kappa shape index (κ3) is 3.88. The molecule has 144 valence electrons. The number of nitriles is 2. The van der Waals surface area contributed by atoms with Crippen molar-refractivity contribution in [2.24, 2.45) is 5.41 Å². The number of aromatic nitrogens is 2. The molecular weight excluding hydrogens is 359 g/mol. The Morgan fingerprint density at radius 3 is 2.64 bits per heavy atom. The lowest BCUT2D eigenvalue weighted by Gasteiger charge is -2.49. The summed E-state index contributed by atoms with van der Waals surface area (Å²) < 4.78 is 13.7. The highest BCUT2D eigenvalue weighted by Gasteiger charge is 2.47. The van der Waals surface area contributed by atoms with E-state index in [1.807, 2.05) is 13.8 Å². The van der Waals surface area contributed by atoms with Gasteiger partial charge in [0.1, 0.15) is 29.3 Å². The van der Waals surface area contributed by atoms with Gasteiger partial charge in [-0.2, -0.15) is 15.5 Å². The molecule has 0 spiro atoms. The van der Waals surface area contributed by atoms with Crippen LogP contribution in [0.5, 0.6) is 0 Å². The summed E-state index contributed by atoms with van der Waals surface area (Å²) in [6, 6.07) is 8.39. The zero-order valence-electron chi connectivity index (χ0n) is 15.7. The maximum absolute atomic E-state index is 13.7. The van der Waals surface area contributed by atoms with Crippen LogP contribution in [0, 0.1) is 33.9 Å². The molecule has 3 N–H and O–H groups in total. The maximum atomic E-state index is 13.7. The number of hydrogen-bond acceptors (Lipinski definition) is 7. The van der Waals surface area contributed by atoms with Crippen LogP contribution in [-0.2, 0) is 6.42 Å². The molecule has 1 aliphatic carbocycles. The van der Waals surface area contributed by atoms with Gasteiger partial charge in [0, 0.05) is 18.0 Å². The highest BCUT2D eigenvalue weighted by Crippen LogP contribution is 2.42. The average molecular weight is 380 g/mol. The van der Waals surface area contributed by atoms with Gasteiger partial charge >= 0.3 is 0 Å². The predicted molar refractivity (Wildman–Crippen MR) is 102 cm³/mol. The lowest BCUT2D eigenvalue weighted by atomic mass is 9.64. The highest BCUT2D eigenvalue weighted by molar-refractivity contribution is 5.54. The summed E-state index contributed by atoms with van der Waals surface area (Å²) in [5, 5.41) is 34.2. The van der Waals surface area contributed by atoms with Crippen LogP contribution in [0.1, 0.15) is 37.0 Å². The largest absolute Gasteiger partial charge is 0.392 e. The fourth-order valence-corrected chi connectivity index (χ4v) is 3.09. The van der Waals surface area contributed by atoms with E-state index in [0.717, 1.165) is 5.56 Å². The average Bonchev–Trinajstić information content (AvgIpc) is 2.68. The summed E-state index contributed by atoms with van der Waals surface area (Å²) in [6.45, 7) is 4.38. The molecule has 1 aromatic carbocycles. The third-order valence-corrected chi connectivity index (χ3v) is 5.29. The molecule has 1 heterocycles. The van der Waals surface area contributed by atoms with E-state index >= 15 is 0 Å². The van der Waals surface area contributed by atoms with Gasteiger partial charge in [-0.05, 0) is 30.5 Å². The summed E-state index contributed by atoms with van der Waals surface area (Å²) in [6.07, 6.45) is 2.18. The van der Waals surface area contributed by atoms with Crippen molar-refractivity contribution in [1.29, 1.82) is 10.5 Å². The summed E-state index contributed by atoms with van der Waals surface area (Å²) in [7, 11) is 0. The molecule has 3 rings (SSSR count). The minimum absolute atomic E-state index is 0.0129. The van der Waals surface area contributed by atoms with E-state index in [1.165, 1.54) is 18.3 Å². The Hall–Kier alpha value is -3.23. The van der Waals surface area contributed by atoms with Gasteiger partial charge in [0.15, 0.2) is 0 Å². The van der Waals surface area contributed by atoms with Crippen molar-refractivity contribution in [3.8, 4) is 12.1 Å². The number of aliphatic hydroxyl groups is 1. The molecule has 8 heteroatoms. The molecule has 0 unspecified atom stereocenters. The molecule has 2 aromatic rings. The molecule has 28 heavy (non-hydrogen) atoms. The van der Waals surface area contributed by atoms with Crippen LogP contribution in [0.15, 0.2) is 24.4 Å². The SMILES string of the molecule is CC1(C)[C@@H](O)C[C@H]1Nc1nc(NCCc2ccc(C#N)c(F)c2)ncc1C#N. The van der Waals surface area contributed by atoms with Gasteiger partial charge in [-0.15, -0.1) is 0 Å². The second-order valence-corrected chi connectivity index (χ2v) is 7.44. The number of aliphatic hydroxyl groups excluding tert-OH is 1. The van der Waals surface area contributed by atoms with Crippen LogP contribution < -0.4 is 10.6 Å². The molecule has 0 amide bonds. The lowest BCUT2D eigenvalue weighted by Crippen LogP contribution is -2.57. The molecule has 0 saturated heterocycles. The lowest BCUT2D eigenvalue weighted by molar-refractivity contribution is -0.0511. The van der Waals surface area contributed by atoms with Crippen molar-refractivity contribution in [1.82, 2.24) is 9.97 Å². The van der Waals surface area contributed by atoms with E-state index in [2.05, 4.69) is 26.7 Å². The van der Waals surface area contributed by atoms with E-state index < -0.39 is 5.82 Å². The molecule has 0 radical (unpaired) electrons. The molecule has 1 fully saturated rings. The third-order valence-electron chi connectivity index (χ3n) is 5.29. The molecule has 1 aliphatic rings. The van der Waals surface area contributed by atoms with Crippen LogP contribution in [0.25, 0.3) is 0 Å². The van der Waals surface area contributed by atoms with Gasteiger partial charge in [0.2, 0.25) is 5.95 Å². The smallest absolute Gasteiger partial charge is 0.224 e. The molecular formula is C20H21FN6O. The summed E-state index contributed by atoms with van der Waals surface area (Å²) in [5.41, 5.74) is 0.801. The van der Waals surface area contributed by atoms with E-state index in [4.69, 9.17) is 5.26 Å². The van der Waals surface area contributed by atoms with Crippen LogP contribution in [-0.4, -0.2) is 33.8 Å². The quantitative estimate of drug-likeness (QED) is 0.705. The number of hydrogen-bond donors (Lipinski definition) is 3. The first-order valence-corrected chi connectivity index (χ1v) is 8.99. The number of halogens is 1. The first kappa shape index (κ1) is 19.5. The Morgan fingerprint density at radius 1 is 1.29 bits per heavy atom. The molecule has 1 saturated carbocycles. The van der Waals surface area contributed by atoms with E-state index in [-0.39, 0.29) is 23.1 Å². The van der Waals surface area contributed by atoms with E-state index in [1.54, 1.807) is 12.1 Å². The van der Waals surface area contributed by atoms with E-state index in [9.17, 15) is 14.8 Å². The first-order valence-electron chi connectivity index (χ1n) is 8.99. The molecule has 0 bridgehead atoms. The number of nitrogens with zero attached hydrogens (tertiary/aromatic N) is 4. The number of nitrogens with one attached hydrogen (secondary N) is 2. The number of benzene rings is 1. The fourth-order valence-electron chi connectivity index (χ4n) is 3.09. The molecule has 1 aromatic heterocycles. The predicted octanol–water partition coefficient (Wildman–Crippen LogP) is 2.58. The fraction of sp³-hybridized carbons (Fsp3) is 0.400. The first-order chi connectivity index (χ1) is 13.3. The van der Waals surface area contributed by atoms with Gasteiger partial charge in [0.05, 0.1) is 17.9 Å². The van der Waals surface area contributed by atoms with Gasteiger partial charge < -0.3 is 15.7 Å². The van der Waals surface area contributed by atoms with Crippen molar-refractivity contribution in [2.75, 3.05) is 17.2 Å². The van der Waals surface area contributed by atoms with Crippen LogP contribution in [0.2, 0.25) is 0 Å². The summed E-state index contributed by atoms with van der Waals surface area (Å²) >= 11 is 0. The van der Waals surface area contributed by atoms with Gasteiger partial charge in [-0.1, -0.05) is 19.9 Å². The Balaban J connectivity index is 1.64. The molecule has 7 nitrogen and oxygen atoms in total. The zero-order chi connectivity index (χ0) is 20.3. The summed E-state index contributed by atoms with van der Waals surface area (Å²) in [5.74, 6) is 0.245. The van der Waals surface area contributed by atoms with Gasteiger partial charge in [-0.3, -0.25) is 0 Å². The Bertz CT molecular complexity index is 962. The number of anilines is 2. The number of rotatable bonds is 6. The minimum Gasteiger partial charge on any atom is -0.392 e. The van der Waals surface area contributed by atoms with Crippen LogP contribution >= 0.6 is 0 Å². The van der Waals surface area contributed by atoms with Crippen molar-refractivity contribution in [3.05, 3.63) is 46.9 Å². The van der Waals surface area contributed by atoms with Crippen LogP contribution in [0.4, 0.5) is 16.2 Å². The summed E-state index contributed by atoms with van der Waals surface area (Å²) in [4.78, 5) is 8.51. The maximum Gasteiger partial charge on any atom is 0.224 e. The Kier molecular flexibility index (Phi) is 5.43. The second kappa shape index (κ2) is 7.79. The van der Waals surface area contributed by atoms with Crippen molar-refractivity contribution in [3.63, 3.8) is 0 Å². The molecule has 0 aliphatic heterocycles. The van der Waals surface area contributed by atoms with E-state index in [0.29, 0.717) is 36.7 Å². The Labute approximate surface area is 162 Å². The van der Waals surface area contributed by atoms with Gasteiger partial charge in [0.25, 0.3) is 0 Å². The normalized spacial score (nSPS) is 19.8. The standard InChI is InChI=1S/C20H21FN6O/c1-20(2)16(8-17(20)28)26-18-14(10-23)11-25-19(27-18)24-6-5-12-3-4-13(9-22)15(21)7-12/h3-4,7,11,16-17,28H,5-6,8H2,1-2H3,(H2,24,25,26,27)/t16-,17+/m1/s1.